The monoisotopic (exact) mass is 283 g/mol. The van der Waals surface area contributed by atoms with E-state index in [0.717, 1.165) is 11.3 Å². The fourth-order valence-corrected chi connectivity index (χ4v) is 2.07. The van der Waals surface area contributed by atoms with Crippen LogP contribution in [0.25, 0.3) is 0 Å². The molecule has 0 heterocycles. The summed E-state index contributed by atoms with van der Waals surface area (Å²) < 4.78 is 4.70. The Morgan fingerprint density at radius 1 is 1.10 bits per heavy atom. The Kier molecular flexibility index (Phi) is 4.72. The van der Waals surface area contributed by atoms with Crippen molar-refractivity contribution in [3.05, 3.63) is 65.2 Å². The molecule has 0 aliphatic rings. The van der Waals surface area contributed by atoms with Crippen molar-refractivity contribution in [2.75, 3.05) is 12.4 Å². The SMILES string of the molecule is COC(=O)c1cccc(CNc2ccccc2C(C)=O)c1. The van der Waals surface area contributed by atoms with Gasteiger partial charge in [-0.25, -0.2) is 4.79 Å². The first-order valence-corrected chi connectivity index (χ1v) is 6.63. The standard InChI is InChI=1S/C17H17NO3/c1-12(19)15-8-3-4-9-16(15)18-11-13-6-5-7-14(10-13)17(20)21-2/h3-10,18H,11H2,1-2H3. The second kappa shape index (κ2) is 6.70. The quantitative estimate of drug-likeness (QED) is 0.676. The maximum Gasteiger partial charge on any atom is 0.337 e. The number of ether oxygens (including phenoxy) is 1. The number of carbonyl (C=O) groups is 2. The van der Waals surface area contributed by atoms with Gasteiger partial charge in [-0.2, -0.15) is 0 Å². The van der Waals surface area contributed by atoms with Crippen molar-refractivity contribution in [3.8, 4) is 0 Å². The molecule has 0 aliphatic carbocycles. The van der Waals surface area contributed by atoms with Gasteiger partial charge in [0, 0.05) is 17.8 Å². The van der Waals surface area contributed by atoms with Crippen molar-refractivity contribution in [1.29, 1.82) is 0 Å². The van der Waals surface area contributed by atoms with Gasteiger partial charge in [-0.1, -0.05) is 24.3 Å². The molecule has 21 heavy (non-hydrogen) atoms. The maximum absolute atomic E-state index is 11.6. The molecule has 4 nitrogen and oxygen atoms in total. The average molecular weight is 283 g/mol. The van der Waals surface area contributed by atoms with Gasteiger partial charge < -0.3 is 10.1 Å². The van der Waals surface area contributed by atoms with Gasteiger partial charge in [0.05, 0.1) is 12.7 Å². The molecule has 0 bridgehead atoms. The molecule has 1 N–H and O–H groups in total. The van der Waals surface area contributed by atoms with Gasteiger partial charge in [0.15, 0.2) is 5.78 Å². The van der Waals surface area contributed by atoms with Crippen LogP contribution in [0, 0.1) is 0 Å². The van der Waals surface area contributed by atoms with Crippen molar-refractivity contribution in [2.45, 2.75) is 13.5 Å². The van der Waals surface area contributed by atoms with Crippen LogP contribution >= 0.6 is 0 Å². The lowest BCUT2D eigenvalue weighted by molar-refractivity contribution is 0.0600. The van der Waals surface area contributed by atoms with Crippen LogP contribution in [0.1, 0.15) is 33.2 Å². The highest BCUT2D eigenvalue weighted by Gasteiger charge is 2.08. The maximum atomic E-state index is 11.6. The lowest BCUT2D eigenvalue weighted by atomic mass is 10.1. The summed E-state index contributed by atoms with van der Waals surface area (Å²) in [6, 6.07) is 14.6. The van der Waals surface area contributed by atoms with Gasteiger partial charge in [0.25, 0.3) is 0 Å². The number of hydrogen-bond donors (Lipinski definition) is 1. The minimum atomic E-state index is -0.360. The normalized spacial score (nSPS) is 10.0. The number of esters is 1. The van der Waals surface area contributed by atoms with Crippen LogP contribution in [0.3, 0.4) is 0 Å². The third-order valence-corrected chi connectivity index (χ3v) is 3.14. The molecule has 0 aromatic heterocycles. The van der Waals surface area contributed by atoms with E-state index in [1.807, 2.05) is 24.3 Å². The number of ketones is 1. The van der Waals surface area contributed by atoms with E-state index in [4.69, 9.17) is 4.74 Å². The fraction of sp³-hybridized carbons (Fsp3) is 0.176. The van der Waals surface area contributed by atoms with Crippen molar-refractivity contribution in [3.63, 3.8) is 0 Å². The molecular weight excluding hydrogens is 266 g/mol. The van der Waals surface area contributed by atoms with Crippen LogP contribution < -0.4 is 5.32 Å². The van der Waals surface area contributed by atoms with Gasteiger partial charge in [0.1, 0.15) is 0 Å². The summed E-state index contributed by atoms with van der Waals surface area (Å²) in [5.74, 6) is -0.345. The lowest BCUT2D eigenvalue weighted by Gasteiger charge is -2.10. The van der Waals surface area contributed by atoms with E-state index in [0.29, 0.717) is 17.7 Å². The molecule has 0 spiro atoms. The van der Waals surface area contributed by atoms with Gasteiger partial charge >= 0.3 is 5.97 Å². The number of rotatable bonds is 5. The van der Waals surface area contributed by atoms with E-state index in [9.17, 15) is 9.59 Å². The predicted molar refractivity (Wildman–Crippen MR) is 81.6 cm³/mol. The van der Waals surface area contributed by atoms with Crippen LogP contribution in [0.5, 0.6) is 0 Å². The van der Waals surface area contributed by atoms with E-state index < -0.39 is 0 Å². The van der Waals surface area contributed by atoms with Gasteiger partial charge in [-0.15, -0.1) is 0 Å². The molecule has 4 heteroatoms. The van der Waals surface area contributed by atoms with Crippen LogP contribution in [-0.2, 0) is 11.3 Å². The molecule has 108 valence electrons. The zero-order chi connectivity index (χ0) is 15.2. The van der Waals surface area contributed by atoms with Gasteiger partial charge in [-0.3, -0.25) is 4.79 Å². The number of benzene rings is 2. The Labute approximate surface area is 123 Å². The molecule has 2 rings (SSSR count). The minimum absolute atomic E-state index is 0.0152. The van der Waals surface area contributed by atoms with Crippen LogP contribution in [0.2, 0.25) is 0 Å². The van der Waals surface area contributed by atoms with Crippen molar-refractivity contribution in [2.24, 2.45) is 0 Å². The third-order valence-electron chi connectivity index (χ3n) is 3.14. The first kappa shape index (κ1) is 14.8. The number of para-hydroxylation sites is 1. The molecule has 2 aromatic carbocycles. The summed E-state index contributed by atoms with van der Waals surface area (Å²) in [4.78, 5) is 23.1. The number of Topliss-reactive ketones (excluding diaryl/α,β-unsaturated/α-hetero) is 1. The summed E-state index contributed by atoms with van der Waals surface area (Å²) in [6.07, 6.45) is 0. The Hall–Kier alpha value is -2.62. The van der Waals surface area contributed by atoms with E-state index in [1.165, 1.54) is 7.11 Å². The fourth-order valence-electron chi connectivity index (χ4n) is 2.07. The molecule has 0 aliphatic heterocycles. The summed E-state index contributed by atoms with van der Waals surface area (Å²) in [7, 11) is 1.36. The van der Waals surface area contributed by atoms with Crippen LogP contribution in [0.4, 0.5) is 5.69 Å². The number of carbonyl (C=O) groups excluding carboxylic acids is 2. The zero-order valence-corrected chi connectivity index (χ0v) is 12.1. The van der Waals surface area contributed by atoms with Crippen molar-refractivity contribution < 1.29 is 14.3 Å². The van der Waals surface area contributed by atoms with Crippen molar-refractivity contribution in [1.82, 2.24) is 0 Å². The summed E-state index contributed by atoms with van der Waals surface area (Å²) in [5, 5.41) is 3.22. The average Bonchev–Trinajstić information content (AvgIpc) is 2.52. The Morgan fingerprint density at radius 3 is 2.57 bits per heavy atom. The molecular formula is C17H17NO3. The van der Waals surface area contributed by atoms with E-state index >= 15 is 0 Å². The number of nitrogens with one attached hydrogen (secondary N) is 1. The number of hydrogen-bond acceptors (Lipinski definition) is 4. The van der Waals surface area contributed by atoms with E-state index in [-0.39, 0.29) is 11.8 Å². The lowest BCUT2D eigenvalue weighted by Crippen LogP contribution is -2.06. The van der Waals surface area contributed by atoms with Gasteiger partial charge in [-0.05, 0) is 36.8 Å². The Bertz CT molecular complexity index is 665. The molecule has 2 aromatic rings. The summed E-state index contributed by atoms with van der Waals surface area (Å²) in [5.41, 5.74) is 2.89. The highest BCUT2D eigenvalue weighted by molar-refractivity contribution is 5.99. The molecule has 0 amide bonds. The second-order valence-electron chi connectivity index (χ2n) is 4.65. The van der Waals surface area contributed by atoms with E-state index in [2.05, 4.69) is 5.32 Å². The topological polar surface area (TPSA) is 55.4 Å². The second-order valence-corrected chi connectivity index (χ2v) is 4.65. The third kappa shape index (κ3) is 3.69. The molecule has 0 radical (unpaired) electrons. The number of methoxy groups -OCH3 is 1. The number of anilines is 1. The van der Waals surface area contributed by atoms with Crippen molar-refractivity contribution >= 4 is 17.4 Å². The summed E-state index contributed by atoms with van der Waals surface area (Å²) in [6.45, 7) is 2.06. The molecule has 0 atom stereocenters. The largest absolute Gasteiger partial charge is 0.465 e. The van der Waals surface area contributed by atoms with Crippen LogP contribution in [-0.4, -0.2) is 18.9 Å². The Balaban J connectivity index is 2.14. The minimum Gasteiger partial charge on any atom is -0.465 e. The molecule has 0 saturated heterocycles. The highest BCUT2D eigenvalue weighted by atomic mass is 16.5. The highest BCUT2D eigenvalue weighted by Crippen LogP contribution is 2.17. The zero-order valence-electron chi connectivity index (χ0n) is 12.1. The smallest absolute Gasteiger partial charge is 0.337 e. The molecule has 0 saturated carbocycles. The first-order chi connectivity index (χ1) is 10.1. The van der Waals surface area contributed by atoms with Gasteiger partial charge in [0.2, 0.25) is 0 Å². The summed E-state index contributed by atoms with van der Waals surface area (Å²) >= 11 is 0. The first-order valence-electron chi connectivity index (χ1n) is 6.63. The predicted octanol–water partition coefficient (Wildman–Crippen LogP) is 3.29. The molecule has 0 unspecified atom stereocenters. The molecule has 0 fully saturated rings. The van der Waals surface area contributed by atoms with Crippen LogP contribution in [0.15, 0.2) is 48.5 Å². The Morgan fingerprint density at radius 2 is 1.86 bits per heavy atom. The van der Waals surface area contributed by atoms with E-state index in [1.54, 1.807) is 31.2 Å².